The van der Waals surface area contributed by atoms with Crippen LogP contribution in [0.4, 0.5) is 0 Å². The summed E-state index contributed by atoms with van der Waals surface area (Å²) in [7, 11) is 0. The average molecular weight is 275 g/mol. The van der Waals surface area contributed by atoms with Crippen molar-refractivity contribution in [3.63, 3.8) is 0 Å². The molecule has 2 aromatic heterocycles. The Morgan fingerprint density at radius 3 is 2.89 bits per heavy atom. The van der Waals surface area contributed by atoms with Crippen LogP contribution in [0.2, 0.25) is 5.02 Å². The number of fused-ring (bicyclic) bond motifs is 1. The Kier molecular flexibility index (Phi) is 3.26. The Bertz CT molecular complexity index is 664. The van der Waals surface area contributed by atoms with Gasteiger partial charge in [0.2, 0.25) is 0 Å². The smallest absolute Gasteiger partial charge is 0.155 e. The number of aromatic nitrogens is 2. The van der Waals surface area contributed by atoms with Crippen LogP contribution in [0.15, 0.2) is 59.9 Å². The fourth-order valence-corrected chi connectivity index (χ4v) is 3.03. The van der Waals surface area contributed by atoms with Crippen molar-refractivity contribution in [1.82, 2.24) is 9.38 Å². The van der Waals surface area contributed by atoms with Crippen LogP contribution in [-0.2, 0) is 5.75 Å². The lowest BCUT2D eigenvalue weighted by Gasteiger charge is -2.04. The van der Waals surface area contributed by atoms with E-state index in [0.29, 0.717) is 5.02 Å². The molecule has 0 spiro atoms. The number of hydrogen-bond donors (Lipinski definition) is 0. The summed E-state index contributed by atoms with van der Waals surface area (Å²) in [6.07, 6.45) is 5.72. The molecule has 0 unspecified atom stereocenters. The zero-order chi connectivity index (χ0) is 12.4. The van der Waals surface area contributed by atoms with Gasteiger partial charge in [-0.3, -0.25) is 0 Å². The van der Waals surface area contributed by atoms with Crippen molar-refractivity contribution in [1.29, 1.82) is 0 Å². The van der Waals surface area contributed by atoms with E-state index >= 15 is 0 Å². The summed E-state index contributed by atoms with van der Waals surface area (Å²) in [6.45, 7) is 0. The minimum atomic E-state index is 0.693. The number of nitrogens with zero attached hydrogens (tertiary/aromatic N) is 2. The molecular formula is C14H11ClN2S. The molecule has 2 nitrogen and oxygen atoms in total. The van der Waals surface area contributed by atoms with Gasteiger partial charge in [-0.25, -0.2) is 4.98 Å². The number of benzene rings is 1. The molecule has 0 bridgehead atoms. The molecule has 3 rings (SSSR count). The van der Waals surface area contributed by atoms with Crippen molar-refractivity contribution < 1.29 is 0 Å². The van der Waals surface area contributed by atoms with Crippen LogP contribution in [0.1, 0.15) is 5.56 Å². The van der Waals surface area contributed by atoms with Gasteiger partial charge in [-0.1, -0.05) is 41.9 Å². The minimum Gasteiger partial charge on any atom is -0.305 e. The quantitative estimate of drug-likeness (QED) is 0.663. The molecule has 0 radical (unpaired) electrons. The molecule has 0 saturated heterocycles. The number of halogens is 1. The summed E-state index contributed by atoms with van der Waals surface area (Å²) in [5.74, 6) is 0.942. The summed E-state index contributed by atoms with van der Waals surface area (Å²) in [4.78, 5) is 5.35. The van der Waals surface area contributed by atoms with E-state index in [1.807, 2.05) is 22.7 Å². The SMILES string of the molecule is Clc1cc(SCc2ccccc2)cn2ccnc12. The first-order chi connectivity index (χ1) is 8.83. The first-order valence-electron chi connectivity index (χ1n) is 5.62. The molecule has 3 aromatic rings. The highest BCUT2D eigenvalue weighted by atomic mass is 35.5. The van der Waals surface area contributed by atoms with E-state index in [1.165, 1.54) is 5.56 Å². The molecular weight excluding hydrogens is 264 g/mol. The molecule has 0 atom stereocenters. The Morgan fingerprint density at radius 1 is 1.22 bits per heavy atom. The number of pyridine rings is 1. The van der Waals surface area contributed by atoms with E-state index in [9.17, 15) is 0 Å². The first kappa shape index (κ1) is 11.6. The summed E-state index contributed by atoms with van der Waals surface area (Å²) in [5, 5.41) is 0.693. The Hall–Kier alpha value is -1.45. The average Bonchev–Trinajstić information content (AvgIpc) is 2.86. The number of thioether (sulfide) groups is 1. The molecule has 0 aliphatic heterocycles. The van der Waals surface area contributed by atoms with Gasteiger partial charge in [0.05, 0.1) is 5.02 Å². The first-order valence-corrected chi connectivity index (χ1v) is 6.98. The fourth-order valence-electron chi connectivity index (χ4n) is 1.79. The zero-order valence-corrected chi connectivity index (χ0v) is 11.2. The van der Waals surface area contributed by atoms with Gasteiger partial charge in [0.25, 0.3) is 0 Å². The van der Waals surface area contributed by atoms with E-state index in [2.05, 4.69) is 35.4 Å². The van der Waals surface area contributed by atoms with Gasteiger partial charge in [0.15, 0.2) is 5.65 Å². The van der Waals surface area contributed by atoms with Gasteiger partial charge < -0.3 is 4.40 Å². The number of rotatable bonds is 3. The lowest BCUT2D eigenvalue weighted by Crippen LogP contribution is -1.86. The topological polar surface area (TPSA) is 17.3 Å². The van der Waals surface area contributed by atoms with Crippen molar-refractivity contribution in [3.8, 4) is 0 Å². The normalized spacial score (nSPS) is 10.9. The molecule has 4 heteroatoms. The maximum Gasteiger partial charge on any atom is 0.155 e. The Morgan fingerprint density at radius 2 is 2.06 bits per heavy atom. The van der Waals surface area contributed by atoms with E-state index in [4.69, 9.17) is 11.6 Å². The highest BCUT2D eigenvalue weighted by Gasteiger charge is 2.04. The monoisotopic (exact) mass is 274 g/mol. The fraction of sp³-hybridized carbons (Fsp3) is 0.0714. The predicted octanol–water partition coefficient (Wildman–Crippen LogP) is 4.28. The largest absolute Gasteiger partial charge is 0.305 e. The lowest BCUT2D eigenvalue weighted by molar-refractivity contribution is 1.13. The third-order valence-electron chi connectivity index (χ3n) is 2.67. The molecule has 18 heavy (non-hydrogen) atoms. The zero-order valence-electron chi connectivity index (χ0n) is 9.58. The van der Waals surface area contributed by atoms with E-state index in [0.717, 1.165) is 16.3 Å². The van der Waals surface area contributed by atoms with Crippen LogP contribution in [0.3, 0.4) is 0 Å². The van der Waals surface area contributed by atoms with Crippen molar-refractivity contribution in [3.05, 3.63) is 65.6 Å². The van der Waals surface area contributed by atoms with Crippen LogP contribution in [0, 0.1) is 0 Å². The second-order valence-corrected chi connectivity index (χ2v) is 5.41. The van der Waals surface area contributed by atoms with Gasteiger partial charge in [-0.2, -0.15) is 0 Å². The molecule has 0 N–H and O–H groups in total. The van der Waals surface area contributed by atoms with Crippen molar-refractivity contribution in [2.24, 2.45) is 0 Å². The molecule has 1 aromatic carbocycles. The highest BCUT2D eigenvalue weighted by molar-refractivity contribution is 7.98. The number of imidazole rings is 1. The van der Waals surface area contributed by atoms with Crippen molar-refractivity contribution >= 4 is 29.0 Å². The maximum absolute atomic E-state index is 6.19. The van der Waals surface area contributed by atoms with Crippen LogP contribution in [0.5, 0.6) is 0 Å². The van der Waals surface area contributed by atoms with Crippen LogP contribution in [-0.4, -0.2) is 9.38 Å². The second kappa shape index (κ2) is 5.04. The Labute approximate surface area is 115 Å². The van der Waals surface area contributed by atoms with Gasteiger partial charge in [0, 0.05) is 29.2 Å². The molecule has 2 heterocycles. The molecule has 0 aliphatic rings. The van der Waals surface area contributed by atoms with Crippen molar-refractivity contribution in [2.45, 2.75) is 10.6 Å². The van der Waals surface area contributed by atoms with Gasteiger partial charge in [0.1, 0.15) is 0 Å². The summed E-state index contributed by atoms with van der Waals surface area (Å²) in [5.41, 5.74) is 2.12. The lowest BCUT2D eigenvalue weighted by atomic mass is 10.2. The molecule has 0 fully saturated rings. The molecule has 0 aliphatic carbocycles. The van der Waals surface area contributed by atoms with E-state index in [-0.39, 0.29) is 0 Å². The maximum atomic E-state index is 6.19. The summed E-state index contributed by atoms with van der Waals surface area (Å²) < 4.78 is 1.95. The minimum absolute atomic E-state index is 0.693. The standard InChI is InChI=1S/C14H11ClN2S/c15-13-8-12(9-17-7-6-16-14(13)17)18-10-11-4-2-1-3-5-11/h1-9H,10H2. The highest BCUT2D eigenvalue weighted by Crippen LogP contribution is 2.27. The molecule has 90 valence electrons. The van der Waals surface area contributed by atoms with E-state index < -0.39 is 0 Å². The van der Waals surface area contributed by atoms with Crippen molar-refractivity contribution in [2.75, 3.05) is 0 Å². The molecule has 0 saturated carbocycles. The predicted molar refractivity (Wildman–Crippen MR) is 76.2 cm³/mol. The second-order valence-electron chi connectivity index (χ2n) is 3.96. The van der Waals surface area contributed by atoms with Gasteiger partial charge in [-0.15, -0.1) is 11.8 Å². The van der Waals surface area contributed by atoms with Gasteiger partial charge in [-0.05, 0) is 11.6 Å². The number of hydrogen-bond acceptors (Lipinski definition) is 2. The third kappa shape index (κ3) is 2.37. The van der Waals surface area contributed by atoms with Crippen LogP contribution < -0.4 is 0 Å². The van der Waals surface area contributed by atoms with E-state index in [1.54, 1.807) is 18.0 Å². The van der Waals surface area contributed by atoms with Crippen LogP contribution >= 0.6 is 23.4 Å². The molecule has 0 amide bonds. The van der Waals surface area contributed by atoms with Crippen LogP contribution in [0.25, 0.3) is 5.65 Å². The summed E-state index contributed by atoms with van der Waals surface area (Å²) >= 11 is 7.96. The summed E-state index contributed by atoms with van der Waals surface area (Å²) in [6, 6.07) is 12.4. The Balaban J connectivity index is 1.82. The third-order valence-corrected chi connectivity index (χ3v) is 3.98. The van der Waals surface area contributed by atoms with Gasteiger partial charge >= 0.3 is 0 Å².